The number of carbonyl (C=O) groups is 1. The lowest BCUT2D eigenvalue weighted by atomic mass is 9.91. The van der Waals surface area contributed by atoms with Gasteiger partial charge in [-0.15, -0.1) is 0 Å². The Balaban J connectivity index is 1.42. The maximum Gasteiger partial charge on any atom is 0.534 e. The van der Waals surface area contributed by atoms with E-state index in [9.17, 15) is 26.4 Å². The van der Waals surface area contributed by atoms with Gasteiger partial charge in [-0.1, -0.05) is 72.8 Å². The van der Waals surface area contributed by atoms with E-state index in [4.69, 9.17) is 4.74 Å². The number of hydrogen-bond donors (Lipinski definition) is 0. The third-order valence-electron chi connectivity index (χ3n) is 6.47. The maximum atomic E-state index is 13.3. The van der Waals surface area contributed by atoms with Gasteiger partial charge in [0.25, 0.3) is 0 Å². The van der Waals surface area contributed by atoms with Crippen molar-refractivity contribution in [2.24, 2.45) is 5.92 Å². The number of hydrogen-bond acceptors (Lipinski definition) is 6. The van der Waals surface area contributed by atoms with Crippen molar-refractivity contribution >= 4 is 16.1 Å². The molecule has 1 saturated heterocycles. The summed E-state index contributed by atoms with van der Waals surface area (Å²) in [6.07, 6.45) is 1.74. The minimum atomic E-state index is -5.85. The average Bonchev–Trinajstić information content (AvgIpc) is 2.89. The zero-order valence-corrected chi connectivity index (χ0v) is 21.3. The van der Waals surface area contributed by atoms with E-state index in [1.807, 2.05) is 18.2 Å². The third-order valence-corrected chi connectivity index (χ3v) is 7.45. The van der Waals surface area contributed by atoms with Crippen molar-refractivity contribution in [2.45, 2.75) is 30.8 Å². The minimum Gasteiger partial charge on any atom is -0.465 e. The number of rotatable bonds is 9. The van der Waals surface area contributed by atoms with E-state index in [-0.39, 0.29) is 18.1 Å². The predicted molar refractivity (Wildman–Crippen MR) is 136 cm³/mol. The molecule has 1 heterocycles. The van der Waals surface area contributed by atoms with Gasteiger partial charge in [0.15, 0.2) is 0 Å². The number of piperidine rings is 1. The second-order valence-corrected chi connectivity index (χ2v) is 10.8. The molecule has 202 valence electrons. The Bertz CT molecular complexity index is 1310. The lowest BCUT2D eigenvalue weighted by Gasteiger charge is -2.32. The fraction of sp³-hybridized carbons (Fsp3) is 0.321. The van der Waals surface area contributed by atoms with Gasteiger partial charge in [0.05, 0.1) is 6.61 Å². The third kappa shape index (κ3) is 7.14. The Morgan fingerprint density at radius 2 is 1.50 bits per heavy atom. The molecule has 4 rings (SSSR count). The van der Waals surface area contributed by atoms with Gasteiger partial charge in [-0.25, -0.2) is 0 Å². The van der Waals surface area contributed by atoms with Gasteiger partial charge in [0.2, 0.25) is 0 Å². The van der Waals surface area contributed by atoms with Crippen LogP contribution in [0, 0.1) is 5.92 Å². The summed E-state index contributed by atoms with van der Waals surface area (Å²) in [6.45, 7) is 2.85. The molecule has 3 aromatic rings. The van der Waals surface area contributed by atoms with Crippen LogP contribution in [0.15, 0.2) is 84.9 Å². The largest absolute Gasteiger partial charge is 0.534 e. The number of benzene rings is 3. The summed E-state index contributed by atoms with van der Waals surface area (Å²) in [5, 5.41) is 0. The van der Waals surface area contributed by atoms with Crippen molar-refractivity contribution in [1.29, 1.82) is 0 Å². The quantitative estimate of drug-likeness (QED) is 0.200. The van der Waals surface area contributed by atoms with Crippen LogP contribution in [0.2, 0.25) is 0 Å². The van der Waals surface area contributed by atoms with E-state index in [2.05, 4.69) is 21.2 Å². The number of alkyl halides is 3. The molecular formula is C28H28F3NO5S. The summed E-state index contributed by atoms with van der Waals surface area (Å²) in [4.78, 5) is 15.6. The number of esters is 1. The highest BCUT2D eigenvalue weighted by Gasteiger charge is 2.48. The lowest BCUT2D eigenvalue weighted by molar-refractivity contribution is -0.146. The fourth-order valence-electron chi connectivity index (χ4n) is 4.47. The highest BCUT2D eigenvalue weighted by Crippen LogP contribution is 2.32. The van der Waals surface area contributed by atoms with Crippen LogP contribution < -0.4 is 4.18 Å². The van der Waals surface area contributed by atoms with Gasteiger partial charge < -0.3 is 8.92 Å². The number of carbonyl (C=O) groups excluding carboxylic acids is 1. The molecular weight excluding hydrogens is 519 g/mol. The monoisotopic (exact) mass is 547 g/mol. The van der Waals surface area contributed by atoms with Crippen molar-refractivity contribution in [3.63, 3.8) is 0 Å². The standard InChI is InChI=1S/C28H28F3NO5S/c29-28(30,31)38(34,35)37-25-13-7-12-24(18-25)26(23-10-5-2-6-11-23)27(33)36-20-22-14-16-32(17-15-22)19-21-8-3-1-4-9-21/h1-13,18,22,26H,14-17,19-20H2. The van der Waals surface area contributed by atoms with Crippen LogP contribution in [0.3, 0.4) is 0 Å². The van der Waals surface area contributed by atoms with Crippen LogP contribution in [-0.4, -0.2) is 44.5 Å². The van der Waals surface area contributed by atoms with Crippen LogP contribution in [0.1, 0.15) is 35.4 Å². The molecule has 0 aromatic heterocycles. The Labute approximate surface area is 220 Å². The summed E-state index contributed by atoms with van der Waals surface area (Å²) < 4.78 is 71.3. The van der Waals surface area contributed by atoms with E-state index in [1.165, 1.54) is 17.7 Å². The molecule has 3 aromatic carbocycles. The molecule has 0 saturated carbocycles. The Morgan fingerprint density at radius 3 is 2.13 bits per heavy atom. The average molecular weight is 548 g/mol. The van der Waals surface area contributed by atoms with Gasteiger partial charge in [0.1, 0.15) is 11.7 Å². The van der Waals surface area contributed by atoms with Gasteiger partial charge in [-0.05, 0) is 60.7 Å². The molecule has 0 N–H and O–H groups in total. The van der Waals surface area contributed by atoms with E-state index < -0.39 is 33.3 Å². The first-order valence-corrected chi connectivity index (χ1v) is 13.6. The first-order valence-electron chi connectivity index (χ1n) is 12.2. The Hall–Kier alpha value is -3.37. The van der Waals surface area contributed by atoms with Gasteiger partial charge in [0, 0.05) is 6.54 Å². The minimum absolute atomic E-state index is 0.189. The number of ether oxygens (including phenoxy) is 1. The highest BCUT2D eigenvalue weighted by molar-refractivity contribution is 7.88. The van der Waals surface area contributed by atoms with E-state index in [0.717, 1.165) is 44.6 Å². The smallest absolute Gasteiger partial charge is 0.465 e. The maximum absolute atomic E-state index is 13.3. The SMILES string of the molecule is O=C(OCC1CCN(Cc2ccccc2)CC1)C(c1ccccc1)c1cccc(OS(=O)(=O)C(F)(F)F)c1. The van der Waals surface area contributed by atoms with Crippen molar-refractivity contribution in [1.82, 2.24) is 4.90 Å². The van der Waals surface area contributed by atoms with Crippen molar-refractivity contribution in [2.75, 3.05) is 19.7 Å². The predicted octanol–water partition coefficient (Wildman–Crippen LogP) is 5.50. The topological polar surface area (TPSA) is 72.9 Å². The molecule has 0 amide bonds. The van der Waals surface area contributed by atoms with Crippen LogP contribution in [0.4, 0.5) is 13.2 Å². The molecule has 6 nitrogen and oxygen atoms in total. The van der Waals surface area contributed by atoms with Gasteiger partial charge in [-0.3, -0.25) is 9.69 Å². The summed E-state index contributed by atoms with van der Waals surface area (Å²) >= 11 is 0. The summed E-state index contributed by atoms with van der Waals surface area (Å²) in [5.74, 6) is -1.89. The number of likely N-dealkylation sites (tertiary alicyclic amines) is 1. The molecule has 10 heteroatoms. The first-order chi connectivity index (χ1) is 18.1. The van der Waals surface area contributed by atoms with Crippen LogP contribution in [-0.2, 0) is 26.2 Å². The normalized spacial score (nSPS) is 16.1. The molecule has 1 aliphatic heterocycles. The molecule has 0 bridgehead atoms. The Morgan fingerprint density at radius 1 is 0.895 bits per heavy atom. The molecule has 1 atom stereocenters. The van der Waals surface area contributed by atoms with Crippen LogP contribution in [0.5, 0.6) is 5.75 Å². The molecule has 0 radical (unpaired) electrons. The van der Waals surface area contributed by atoms with Gasteiger partial charge in [-0.2, -0.15) is 21.6 Å². The second-order valence-electron chi connectivity index (χ2n) is 9.23. The van der Waals surface area contributed by atoms with Crippen molar-refractivity contribution in [3.8, 4) is 5.75 Å². The summed E-state index contributed by atoms with van der Waals surface area (Å²) in [7, 11) is -5.85. The summed E-state index contributed by atoms with van der Waals surface area (Å²) in [5.41, 5.74) is -3.51. The number of nitrogens with zero attached hydrogens (tertiary/aromatic N) is 1. The number of halogens is 3. The van der Waals surface area contributed by atoms with E-state index >= 15 is 0 Å². The molecule has 38 heavy (non-hydrogen) atoms. The van der Waals surface area contributed by atoms with Crippen LogP contribution in [0.25, 0.3) is 0 Å². The first kappa shape index (κ1) is 27.7. The van der Waals surface area contributed by atoms with E-state index in [1.54, 1.807) is 30.3 Å². The zero-order valence-electron chi connectivity index (χ0n) is 20.5. The molecule has 1 aliphatic rings. The van der Waals surface area contributed by atoms with Crippen molar-refractivity contribution in [3.05, 3.63) is 102 Å². The lowest BCUT2D eigenvalue weighted by Crippen LogP contribution is -2.35. The molecule has 0 aliphatic carbocycles. The molecule has 0 spiro atoms. The van der Waals surface area contributed by atoms with Gasteiger partial charge >= 0.3 is 21.6 Å². The molecule has 1 fully saturated rings. The van der Waals surface area contributed by atoms with E-state index in [0.29, 0.717) is 5.56 Å². The highest BCUT2D eigenvalue weighted by atomic mass is 32.2. The molecule has 1 unspecified atom stereocenters. The zero-order chi connectivity index (χ0) is 27.2. The Kier molecular flexibility index (Phi) is 8.73. The van der Waals surface area contributed by atoms with Crippen molar-refractivity contribution < 1.29 is 35.3 Å². The fourth-order valence-corrected chi connectivity index (χ4v) is 4.92. The summed E-state index contributed by atoms with van der Waals surface area (Å²) in [6, 6.07) is 23.9. The van der Waals surface area contributed by atoms with Crippen LogP contribution >= 0.6 is 0 Å². The second kappa shape index (κ2) is 12.0.